The molecule has 0 unspecified atom stereocenters. The van der Waals surface area contributed by atoms with Crippen LogP contribution in [0.4, 0.5) is 0 Å². The molecule has 0 radical (unpaired) electrons. The molecule has 2 nitrogen and oxygen atoms in total. The molecule has 0 spiro atoms. The van der Waals surface area contributed by atoms with E-state index < -0.39 is 0 Å². The second-order valence-corrected chi connectivity index (χ2v) is 6.45. The smallest absolute Gasteiger partial charge is 0.123 e. The Balaban J connectivity index is 2.14. The number of hydrogen-bond acceptors (Lipinski definition) is 2. The highest BCUT2D eigenvalue weighted by Gasteiger charge is 2.31. The Morgan fingerprint density at radius 1 is 1.22 bits per heavy atom. The summed E-state index contributed by atoms with van der Waals surface area (Å²) in [5, 5.41) is 3.29. The van der Waals surface area contributed by atoms with Crippen molar-refractivity contribution in [1.29, 1.82) is 0 Å². The van der Waals surface area contributed by atoms with Crippen LogP contribution in [0.1, 0.15) is 44.7 Å². The highest BCUT2D eigenvalue weighted by molar-refractivity contribution is 5.41. The molecule has 1 aromatic rings. The summed E-state index contributed by atoms with van der Waals surface area (Å²) >= 11 is 0. The van der Waals surface area contributed by atoms with Crippen LogP contribution < -0.4 is 10.1 Å². The van der Waals surface area contributed by atoms with Crippen LogP contribution in [0, 0.1) is 6.92 Å². The van der Waals surface area contributed by atoms with Gasteiger partial charge in [-0.1, -0.05) is 32.9 Å². The van der Waals surface area contributed by atoms with E-state index in [1.165, 1.54) is 11.1 Å². The van der Waals surface area contributed by atoms with E-state index >= 15 is 0 Å². The summed E-state index contributed by atoms with van der Waals surface area (Å²) < 4.78 is 6.18. The number of aryl methyl sites for hydroxylation is 1. The van der Waals surface area contributed by atoms with Crippen molar-refractivity contribution in [1.82, 2.24) is 5.32 Å². The Bertz CT molecular complexity index is 414. The SMILES string of the molecule is CNC1CC(Oc2cc(C)ccc2C(C)(C)C)C1. The molecule has 0 atom stereocenters. The Labute approximate surface area is 111 Å². The summed E-state index contributed by atoms with van der Waals surface area (Å²) in [5.41, 5.74) is 2.71. The van der Waals surface area contributed by atoms with E-state index in [1.807, 2.05) is 7.05 Å². The highest BCUT2D eigenvalue weighted by Crippen LogP contribution is 2.35. The lowest BCUT2D eigenvalue weighted by molar-refractivity contribution is 0.0865. The van der Waals surface area contributed by atoms with Crippen molar-refractivity contribution in [2.75, 3.05) is 7.05 Å². The monoisotopic (exact) mass is 247 g/mol. The Morgan fingerprint density at radius 3 is 2.44 bits per heavy atom. The maximum atomic E-state index is 6.18. The van der Waals surface area contributed by atoms with Crippen LogP contribution in [-0.2, 0) is 5.41 Å². The fourth-order valence-electron chi connectivity index (χ4n) is 2.42. The lowest BCUT2D eigenvalue weighted by Gasteiger charge is -2.36. The predicted molar refractivity (Wildman–Crippen MR) is 76.4 cm³/mol. The zero-order valence-corrected chi connectivity index (χ0v) is 12.2. The topological polar surface area (TPSA) is 21.3 Å². The molecule has 2 rings (SSSR count). The van der Waals surface area contributed by atoms with Crippen molar-refractivity contribution in [3.63, 3.8) is 0 Å². The quantitative estimate of drug-likeness (QED) is 0.883. The van der Waals surface area contributed by atoms with E-state index in [1.54, 1.807) is 0 Å². The van der Waals surface area contributed by atoms with Gasteiger partial charge in [0.25, 0.3) is 0 Å². The average molecular weight is 247 g/mol. The van der Waals surface area contributed by atoms with Gasteiger partial charge in [0.05, 0.1) is 0 Å². The minimum atomic E-state index is 0.134. The predicted octanol–water partition coefficient (Wildman–Crippen LogP) is 3.42. The first-order valence-corrected chi connectivity index (χ1v) is 6.85. The van der Waals surface area contributed by atoms with Gasteiger partial charge in [-0.05, 0) is 49.4 Å². The van der Waals surface area contributed by atoms with E-state index in [2.05, 4.69) is 51.2 Å². The van der Waals surface area contributed by atoms with Gasteiger partial charge in [0, 0.05) is 6.04 Å². The van der Waals surface area contributed by atoms with Gasteiger partial charge < -0.3 is 10.1 Å². The molecule has 1 saturated carbocycles. The van der Waals surface area contributed by atoms with Crippen molar-refractivity contribution in [2.45, 2.75) is 58.1 Å². The van der Waals surface area contributed by atoms with E-state index in [4.69, 9.17) is 4.74 Å². The van der Waals surface area contributed by atoms with Gasteiger partial charge >= 0.3 is 0 Å². The first-order chi connectivity index (χ1) is 8.40. The summed E-state index contributed by atoms with van der Waals surface area (Å²) in [7, 11) is 2.02. The molecular weight excluding hydrogens is 222 g/mol. The minimum absolute atomic E-state index is 0.134. The molecule has 2 heteroatoms. The van der Waals surface area contributed by atoms with Crippen molar-refractivity contribution in [3.05, 3.63) is 29.3 Å². The van der Waals surface area contributed by atoms with Gasteiger partial charge in [0.15, 0.2) is 0 Å². The van der Waals surface area contributed by atoms with Gasteiger partial charge in [0.2, 0.25) is 0 Å². The third-order valence-corrected chi connectivity index (χ3v) is 3.74. The standard InChI is InChI=1S/C16H25NO/c1-11-6-7-14(16(2,3)4)15(8-11)18-13-9-12(10-13)17-5/h6-8,12-13,17H,9-10H2,1-5H3. The first kappa shape index (κ1) is 13.4. The van der Waals surface area contributed by atoms with Crippen molar-refractivity contribution < 1.29 is 4.74 Å². The Morgan fingerprint density at radius 2 is 1.89 bits per heavy atom. The van der Waals surface area contributed by atoms with Crippen molar-refractivity contribution in [3.8, 4) is 5.75 Å². The van der Waals surface area contributed by atoms with Crippen LogP contribution in [0.3, 0.4) is 0 Å². The Kier molecular flexibility index (Phi) is 3.67. The molecule has 18 heavy (non-hydrogen) atoms. The average Bonchev–Trinajstić information content (AvgIpc) is 2.21. The molecule has 1 fully saturated rings. The normalized spacial score (nSPS) is 23.6. The fourth-order valence-corrected chi connectivity index (χ4v) is 2.42. The lowest BCUT2D eigenvalue weighted by atomic mass is 9.85. The van der Waals surface area contributed by atoms with Crippen LogP contribution in [0.2, 0.25) is 0 Å². The second kappa shape index (κ2) is 4.93. The van der Waals surface area contributed by atoms with E-state index in [-0.39, 0.29) is 5.41 Å². The van der Waals surface area contributed by atoms with Gasteiger partial charge in [-0.15, -0.1) is 0 Å². The molecule has 0 aromatic heterocycles. The van der Waals surface area contributed by atoms with Gasteiger partial charge in [0.1, 0.15) is 11.9 Å². The minimum Gasteiger partial charge on any atom is -0.490 e. The van der Waals surface area contributed by atoms with Gasteiger partial charge in [-0.3, -0.25) is 0 Å². The second-order valence-electron chi connectivity index (χ2n) is 6.45. The number of hydrogen-bond donors (Lipinski definition) is 1. The summed E-state index contributed by atoms with van der Waals surface area (Å²) in [4.78, 5) is 0. The third-order valence-electron chi connectivity index (χ3n) is 3.74. The number of nitrogens with one attached hydrogen (secondary N) is 1. The molecule has 1 N–H and O–H groups in total. The molecule has 0 bridgehead atoms. The molecular formula is C16H25NO. The zero-order chi connectivity index (χ0) is 13.3. The molecule has 0 amide bonds. The molecule has 0 aliphatic heterocycles. The molecule has 0 saturated heterocycles. The van der Waals surface area contributed by atoms with Gasteiger partial charge in [-0.2, -0.15) is 0 Å². The molecule has 1 aliphatic carbocycles. The fraction of sp³-hybridized carbons (Fsp3) is 0.625. The number of ether oxygens (including phenoxy) is 1. The van der Waals surface area contributed by atoms with E-state index in [0.717, 1.165) is 18.6 Å². The van der Waals surface area contributed by atoms with E-state index in [0.29, 0.717) is 12.1 Å². The van der Waals surface area contributed by atoms with Crippen LogP contribution in [-0.4, -0.2) is 19.2 Å². The van der Waals surface area contributed by atoms with Crippen LogP contribution >= 0.6 is 0 Å². The highest BCUT2D eigenvalue weighted by atomic mass is 16.5. The number of rotatable bonds is 3. The summed E-state index contributed by atoms with van der Waals surface area (Å²) in [6.07, 6.45) is 2.62. The summed E-state index contributed by atoms with van der Waals surface area (Å²) in [6.45, 7) is 8.83. The largest absolute Gasteiger partial charge is 0.490 e. The van der Waals surface area contributed by atoms with Crippen molar-refractivity contribution >= 4 is 0 Å². The van der Waals surface area contributed by atoms with Crippen molar-refractivity contribution in [2.24, 2.45) is 0 Å². The maximum Gasteiger partial charge on any atom is 0.123 e. The molecule has 100 valence electrons. The zero-order valence-electron chi connectivity index (χ0n) is 12.2. The van der Waals surface area contributed by atoms with Crippen LogP contribution in [0.5, 0.6) is 5.75 Å². The molecule has 1 aromatic carbocycles. The maximum absolute atomic E-state index is 6.18. The van der Waals surface area contributed by atoms with Crippen LogP contribution in [0.25, 0.3) is 0 Å². The third kappa shape index (κ3) is 2.86. The lowest BCUT2D eigenvalue weighted by Crippen LogP contribution is -2.45. The Hall–Kier alpha value is -1.02. The van der Waals surface area contributed by atoms with Crippen LogP contribution in [0.15, 0.2) is 18.2 Å². The number of benzene rings is 1. The molecule has 1 aliphatic rings. The first-order valence-electron chi connectivity index (χ1n) is 6.85. The summed E-state index contributed by atoms with van der Waals surface area (Å²) in [6, 6.07) is 7.19. The summed E-state index contributed by atoms with van der Waals surface area (Å²) in [5.74, 6) is 1.07. The van der Waals surface area contributed by atoms with E-state index in [9.17, 15) is 0 Å². The molecule has 0 heterocycles. The van der Waals surface area contributed by atoms with Gasteiger partial charge in [-0.25, -0.2) is 0 Å².